The summed E-state index contributed by atoms with van der Waals surface area (Å²) >= 11 is 1.47. The molecule has 1 aliphatic rings. The number of carbonyl (C=O) groups is 1. The molecule has 144 valence electrons. The van der Waals surface area contributed by atoms with E-state index < -0.39 is 0 Å². The predicted octanol–water partition coefficient (Wildman–Crippen LogP) is 3.44. The number of aromatic nitrogens is 1. The Hall–Kier alpha value is -2.70. The number of benzene rings is 1. The lowest BCUT2D eigenvalue weighted by Gasteiger charge is -2.40. The van der Waals surface area contributed by atoms with Crippen LogP contribution in [0.5, 0.6) is 0 Å². The third kappa shape index (κ3) is 4.40. The average molecular weight is 393 g/mol. The molecule has 0 spiro atoms. The standard InChI is InChI=1S/C22H24N4OS/c27-22(21-9-5-15-28-21)24-17-20(18-6-4-10-23-16-18)26-13-11-25(12-14-26)19-7-2-1-3-8-19/h1-10,15-16,20H,11-14,17H2,(H,24,27)/t20-/m0/s1. The first-order valence-electron chi connectivity index (χ1n) is 9.57. The lowest BCUT2D eigenvalue weighted by Crippen LogP contribution is -2.49. The van der Waals surface area contributed by atoms with E-state index in [0.717, 1.165) is 36.6 Å². The summed E-state index contributed by atoms with van der Waals surface area (Å²) in [5.41, 5.74) is 2.41. The van der Waals surface area contributed by atoms with Crippen molar-refractivity contribution in [1.82, 2.24) is 15.2 Å². The molecule has 1 atom stereocenters. The molecule has 3 heterocycles. The summed E-state index contributed by atoms with van der Waals surface area (Å²) in [6.07, 6.45) is 3.70. The van der Waals surface area contributed by atoms with Gasteiger partial charge in [-0.1, -0.05) is 30.3 Å². The number of amides is 1. The van der Waals surface area contributed by atoms with Crippen molar-refractivity contribution in [3.8, 4) is 0 Å². The van der Waals surface area contributed by atoms with Gasteiger partial charge in [0.05, 0.1) is 10.9 Å². The summed E-state index contributed by atoms with van der Waals surface area (Å²) in [7, 11) is 0. The van der Waals surface area contributed by atoms with Crippen LogP contribution in [0.2, 0.25) is 0 Å². The zero-order valence-electron chi connectivity index (χ0n) is 15.7. The third-order valence-corrected chi connectivity index (χ3v) is 6.02. The molecule has 1 N–H and O–H groups in total. The van der Waals surface area contributed by atoms with Gasteiger partial charge in [0, 0.05) is 50.8 Å². The SMILES string of the molecule is O=C(NC[C@@H](c1cccnc1)N1CCN(c2ccccc2)CC1)c1cccs1. The van der Waals surface area contributed by atoms with Crippen LogP contribution in [0.25, 0.3) is 0 Å². The van der Waals surface area contributed by atoms with Gasteiger partial charge in [-0.2, -0.15) is 0 Å². The molecule has 1 aromatic carbocycles. The van der Waals surface area contributed by atoms with E-state index in [-0.39, 0.29) is 11.9 Å². The molecular weight excluding hydrogens is 368 g/mol. The lowest BCUT2D eigenvalue weighted by atomic mass is 10.1. The number of thiophene rings is 1. The Labute approximate surface area is 169 Å². The minimum Gasteiger partial charge on any atom is -0.369 e. The number of para-hydroxylation sites is 1. The van der Waals surface area contributed by atoms with Gasteiger partial charge in [-0.25, -0.2) is 0 Å². The van der Waals surface area contributed by atoms with E-state index in [1.807, 2.05) is 29.8 Å². The average Bonchev–Trinajstić information content (AvgIpc) is 3.31. The zero-order valence-corrected chi connectivity index (χ0v) is 16.5. The molecule has 0 aliphatic carbocycles. The van der Waals surface area contributed by atoms with Crippen LogP contribution in [0.1, 0.15) is 21.3 Å². The lowest BCUT2D eigenvalue weighted by molar-refractivity contribution is 0.0934. The van der Waals surface area contributed by atoms with Gasteiger partial charge in [-0.05, 0) is 35.2 Å². The highest BCUT2D eigenvalue weighted by Gasteiger charge is 2.26. The molecule has 1 aliphatic heterocycles. The number of rotatable bonds is 6. The quantitative estimate of drug-likeness (QED) is 0.698. The van der Waals surface area contributed by atoms with E-state index >= 15 is 0 Å². The van der Waals surface area contributed by atoms with E-state index in [1.54, 1.807) is 6.20 Å². The Balaban J connectivity index is 1.43. The molecule has 1 amide bonds. The third-order valence-electron chi connectivity index (χ3n) is 5.15. The van der Waals surface area contributed by atoms with Crippen molar-refractivity contribution in [2.24, 2.45) is 0 Å². The maximum atomic E-state index is 12.4. The van der Waals surface area contributed by atoms with Crippen LogP contribution in [0.3, 0.4) is 0 Å². The van der Waals surface area contributed by atoms with Gasteiger partial charge in [0.15, 0.2) is 0 Å². The molecule has 0 saturated carbocycles. The Morgan fingerprint density at radius 3 is 2.54 bits per heavy atom. The van der Waals surface area contributed by atoms with Crippen LogP contribution in [0.15, 0.2) is 72.4 Å². The van der Waals surface area contributed by atoms with E-state index in [2.05, 4.69) is 56.5 Å². The first-order valence-corrected chi connectivity index (χ1v) is 10.4. The number of piperazine rings is 1. The van der Waals surface area contributed by atoms with Crippen molar-refractivity contribution < 1.29 is 4.79 Å². The Kier molecular flexibility index (Phi) is 5.99. The maximum absolute atomic E-state index is 12.4. The second-order valence-corrected chi connectivity index (χ2v) is 7.80. The normalized spacial score (nSPS) is 15.9. The van der Waals surface area contributed by atoms with Crippen molar-refractivity contribution in [3.05, 3.63) is 82.8 Å². The van der Waals surface area contributed by atoms with E-state index in [1.165, 1.54) is 17.0 Å². The number of nitrogens with one attached hydrogen (secondary N) is 1. The van der Waals surface area contributed by atoms with E-state index in [4.69, 9.17) is 0 Å². The number of pyridine rings is 1. The molecule has 3 aromatic rings. The molecule has 5 nitrogen and oxygen atoms in total. The van der Waals surface area contributed by atoms with E-state index in [0.29, 0.717) is 6.54 Å². The largest absolute Gasteiger partial charge is 0.369 e. The van der Waals surface area contributed by atoms with Gasteiger partial charge in [-0.15, -0.1) is 11.3 Å². The first-order chi connectivity index (χ1) is 13.8. The van der Waals surface area contributed by atoms with Gasteiger partial charge >= 0.3 is 0 Å². The number of nitrogens with zero attached hydrogens (tertiary/aromatic N) is 3. The van der Waals surface area contributed by atoms with Gasteiger partial charge in [-0.3, -0.25) is 14.7 Å². The first kappa shape index (κ1) is 18.7. The number of anilines is 1. The molecule has 2 aromatic heterocycles. The smallest absolute Gasteiger partial charge is 0.261 e. The summed E-state index contributed by atoms with van der Waals surface area (Å²) < 4.78 is 0. The monoisotopic (exact) mass is 392 g/mol. The second kappa shape index (κ2) is 8.99. The van der Waals surface area contributed by atoms with Crippen LogP contribution < -0.4 is 10.2 Å². The highest BCUT2D eigenvalue weighted by molar-refractivity contribution is 7.12. The molecule has 0 bridgehead atoms. The Bertz CT molecular complexity index is 862. The molecule has 1 saturated heterocycles. The molecule has 0 radical (unpaired) electrons. The van der Waals surface area contributed by atoms with Crippen molar-refractivity contribution >= 4 is 22.9 Å². The summed E-state index contributed by atoms with van der Waals surface area (Å²) in [6.45, 7) is 4.42. The zero-order chi connectivity index (χ0) is 19.2. The minimum absolute atomic E-state index is 0.00758. The summed E-state index contributed by atoms with van der Waals surface area (Å²) in [6, 6.07) is 18.5. The molecule has 0 unspecified atom stereocenters. The van der Waals surface area contributed by atoms with Gasteiger partial charge in [0.1, 0.15) is 0 Å². The molecule has 6 heteroatoms. The highest BCUT2D eigenvalue weighted by atomic mass is 32.1. The summed E-state index contributed by atoms with van der Waals surface area (Å²) in [5, 5.41) is 5.04. The van der Waals surface area contributed by atoms with Crippen LogP contribution >= 0.6 is 11.3 Å². The van der Waals surface area contributed by atoms with Crippen molar-refractivity contribution in [2.45, 2.75) is 6.04 Å². The minimum atomic E-state index is -0.00758. The number of hydrogen-bond donors (Lipinski definition) is 1. The van der Waals surface area contributed by atoms with Crippen LogP contribution in [0, 0.1) is 0 Å². The van der Waals surface area contributed by atoms with Gasteiger partial charge < -0.3 is 10.2 Å². The van der Waals surface area contributed by atoms with Crippen LogP contribution in [-0.2, 0) is 0 Å². The number of carbonyl (C=O) groups excluding carboxylic acids is 1. The molecule has 28 heavy (non-hydrogen) atoms. The Morgan fingerprint density at radius 1 is 1.04 bits per heavy atom. The highest BCUT2D eigenvalue weighted by Crippen LogP contribution is 2.23. The fourth-order valence-electron chi connectivity index (χ4n) is 3.65. The Morgan fingerprint density at radius 2 is 1.86 bits per heavy atom. The van der Waals surface area contributed by atoms with Gasteiger partial charge in [0.25, 0.3) is 5.91 Å². The predicted molar refractivity (Wildman–Crippen MR) is 114 cm³/mol. The molecular formula is C22H24N4OS. The van der Waals surface area contributed by atoms with Gasteiger partial charge in [0.2, 0.25) is 0 Å². The van der Waals surface area contributed by atoms with E-state index in [9.17, 15) is 4.79 Å². The van der Waals surface area contributed by atoms with Crippen LogP contribution in [0.4, 0.5) is 5.69 Å². The van der Waals surface area contributed by atoms with Crippen molar-refractivity contribution in [2.75, 3.05) is 37.6 Å². The summed E-state index contributed by atoms with van der Waals surface area (Å²) in [5.74, 6) is -0.00758. The number of hydrogen-bond acceptors (Lipinski definition) is 5. The summed E-state index contributed by atoms with van der Waals surface area (Å²) in [4.78, 5) is 22.3. The molecule has 4 rings (SSSR count). The second-order valence-electron chi connectivity index (χ2n) is 6.85. The fraction of sp³-hybridized carbons (Fsp3) is 0.273. The topological polar surface area (TPSA) is 48.5 Å². The molecule has 1 fully saturated rings. The fourth-order valence-corrected chi connectivity index (χ4v) is 4.29. The van der Waals surface area contributed by atoms with Crippen LogP contribution in [-0.4, -0.2) is 48.5 Å². The maximum Gasteiger partial charge on any atom is 0.261 e. The van der Waals surface area contributed by atoms with Crippen molar-refractivity contribution in [1.29, 1.82) is 0 Å². The van der Waals surface area contributed by atoms with Crippen molar-refractivity contribution in [3.63, 3.8) is 0 Å².